The molecule has 0 aliphatic heterocycles. The van der Waals surface area contributed by atoms with Gasteiger partial charge >= 0.3 is 11.9 Å². The Morgan fingerprint density at radius 1 is 0.896 bits per heavy atom. The first-order chi connectivity index (χ1) is 22.3. The Morgan fingerprint density at radius 2 is 1.50 bits per heavy atom. The van der Waals surface area contributed by atoms with Crippen molar-refractivity contribution < 1.29 is 53.4 Å². The second-order valence-electron chi connectivity index (χ2n) is 10.8. The first-order valence-corrected chi connectivity index (χ1v) is 14.8. The lowest BCUT2D eigenvalue weighted by Gasteiger charge is -2.27. The van der Waals surface area contributed by atoms with Gasteiger partial charge in [-0.05, 0) is 30.5 Å². The molecule has 0 saturated heterocycles. The highest BCUT2D eigenvalue weighted by atomic mass is 35.5. The molecule has 3 atom stereocenters. The van der Waals surface area contributed by atoms with Crippen LogP contribution in [0.3, 0.4) is 0 Å². The summed E-state index contributed by atoms with van der Waals surface area (Å²) in [6.45, 7) is 1.03. The van der Waals surface area contributed by atoms with Gasteiger partial charge < -0.3 is 47.0 Å². The van der Waals surface area contributed by atoms with Crippen molar-refractivity contribution in [3.05, 3.63) is 34.3 Å². The van der Waals surface area contributed by atoms with Crippen LogP contribution in [0.4, 0.5) is 0 Å². The molecule has 19 heteroatoms. The molecule has 0 heterocycles. The quantitative estimate of drug-likeness (QED) is 0.0795. The zero-order valence-corrected chi connectivity index (χ0v) is 27.6. The minimum atomic E-state index is -1.65. The molecule has 0 unspecified atom stereocenters. The number of nitrogens with zero attached hydrogens (tertiary/aromatic N) is 2. The highest BCUT2D eigenvalue weighted by Crippen LogP contribution is 2.17. The number of aryl methyl sites for hydroxylation is 1. The van der Waals surface area contributed by atoms with E-state index in [9.17, 15) is 53.4 Å². The summed E-state index contributed by atoms with van der Waals surface area (Å²) in [6.07, 6.45) is -1.54. The van der Waals surface area contributed by atoms with Gasteiger partial charge in [-0.3, -0.25) is 38.4 Å². The minimum absolute atomic E-state index is 0.0971. The van der Waals surface area contributed by atoms with E-state index >= 15 is 0 Å². The molecule has 48 heavy (non-hydrogen) atoms. The Labute approximate surface area is 280 Å². The molecule has 1 aromatic carbocycles. The summed E-state index contributed by atoms with van der Waals surface area (Å²) < 4.78 is 0. The van der Waals surface area contributed by atoms with Crippen LogP contribution >= 0.6 is 11.6 Å². The number of nitrogens with one attached hydrogen (secondary N) is 4. The smallest absolute Gasteiger partial charge is 0.326 e. The number of nitrogens with two attached hydrogens (primary N) is 1. The lowest BCUT2D eigenvalue weighted by molar-refractivity contribution is -0.146. The highest BCUT2D eigenvalue weighted by molar-refractivity contribution is 6.31. The zero-order valence-electron chi connectivity index (χ0n) is 26.8. The Balaban J connectivity index is 2.87. The summed E-state index contributed by atoms with van der Waals surface area (Å²) in [5.74, 6) is -8.57. The Kier molecular flexibility index (Phi) is 16.5. The molecule has 264 valence electrons. The molecular weight excluding hydrogens is 658 g/mol. The van der Waals surface area contributed by atoms with E-state index < -0.39 is 97.5 Å². The van der Waals surface area contributed by atoms with Gasteiger partial charge in [0, 0.05) is 38.9 Å². The van der Waals surface area contributed by atoms with E-state index in [0.29, 0.717) is 16.1 Å². The van der Waals surface area contributed by atoms with Gasteiger partial charge in [0.1, 0.15) is 18.1 Å². The summed E-state index contributed by atoms with van der Waals surface area (Å²) in [5, 5.41) is 28.4. The van der Waals surface area contributed by atoms with Crippen molar-refractivity contribution >= 4 is 64.9 Å². The second kappa shape index (κ2) is 19.4. The Hall–Kier alpha value is -5.26. The SMILES string of the molecule is CC(=O)N(C)CC(=O)N[C@@H](CCC(N)=O)C(=O)NCC(=O)N(C)[C@@H](CC(=O)O)C(=O)NCC(=O)N[C@@H](Cc1ccc(Cl)c(C)c1)C(=O)O. The third-order valence-electron chi connectivity index (χ3n) is 6.91. The lowest BCUT2D eigenvalue weighted by Crippen LogP contribution is -2.55. The molecule has 0 aromatic heterocycles. The van der Waals surface area contributed by atoms with Crippen molar-refractivity contribution in [1.29, 1.82) is 0 Å². The fourth-order valence-corrected chi connectivity index (χ4v) is 4.20. The van der Waals surface area contributed by atoms with E-state index in [1.807, 2.05) is 0 Å². The molecule has 8 N–H and O–H groups in total. The third kappa shape index (κ3) is 14.4. The van der Waals surface area contributed by atoms with E-state index in [0.717, 1.165) is 16.8 Å². The summed E-state index contributed by atoms with van der Waals surface area (Å²) in [5.41, 5.74) is 6.41. The van der Waals surface area contributed by atoms with Crippen molar-refractivity contribution in [2.24, 2.45) is 5.73 Å². The van der Waals surface area contributed by atoms with E-state index in [4.69, 9.17) is 17.3 Å². The number of rotatable bonds is 19. The molecule has 7 amide bonds. The normalized spacial score (nSPS) is 12.4. The standard InChI is InChI=1S/C29H40ClN7O11/c1-15-9-17(5-6-18(15)30)10-20(29(47)48)35-23(40)12-32-28(46)21(11-26(43)44)37(4)25(42)13-33-27(45)19(7-8-22(31)39)34-24(41)14-36(3)16(2)38/h5-6,9,19-21H,7-8,10-14H2,1-4H3,(H2,31,39)(H,32,46)(H,33,45)(H,34,41)(H,35,40)(H,43,44)(H,47,48)/t19-,20-,21-/m0/s1. The maximum atomic E-state index is 12.9. The molecule has 18 nitrogen and oxygen atoms in total. The number of carbonyl (C=O) groups excluding carboxylic acids is 7. The predicted octanol–water partition coefficient (Wildman–Crippen LogP) is -2.48. The maximum absolute atomic E-state index is 12.9. The first-order valence-electron chi connectivity index (χ1n) is 14.4. The van der Waals surface area contributed by atoms with Gasteiger partial charge in [-0.15, -0.1) is 0 Å². The van der Waals surface area contributed by atoms with Crippen LogP contribution in [0, 0.1) is 6.92 Å². The van der Waals surface area contributed by atoms with E-state index in [2.05, 4.69) is 21.3 Å². The molecule has 0 saturated carbocycles. The van der Waals surface area contributed by atoms with Gasteiger partial charge in [0.15, 0.2) is 0 Å². The van der Waals surface area contributed by atoms with Crippen molar-refractivity contribution in [1.82, 2.24) is 31.1 Å². The second-order valence-corrected chi connectivity index (χ2v) is 11.2. The van der Waals surface area contributed by atoms with Crippen molar-refractivity contribution in [2.45, 2.75) is 57.7 Å². The van der Waals surface area contributed by atoms with Crippen LogP contribution in [-0.4, -0.2) is 125 Å². The number of halogens is 1. The zero-order chi connectivity index (χ0) is 36.7. The fraction of sp³-hybridized carbons (Fsp3) is 0.483. The molecule has 1 rings (SSSR count). The van der Waals surface area contributed by atoms with E-state index in [-0.39, 0.29) is 19.3 Å². The summed E-state index contributed by atoms with van der Waals surface area (Å²) in [6, 6.07) is 0.474. The Morgan fingerprint density at radius 3 is 2.04 bits per heavy atom. The summed E-state index contributed by atoms with van der Waals surface area (Å²) >= 11 is 5.99. The molecular formula is C29H40ClN7O11. The number of primary amides is 1. The first kappa shape index (κ1) is 40.8. The van der Waals surface area contributed by atoms with Gasteiger partial charge in [0.05, 0.1) is 26.1 Å². The molecule has 0 aliphatic rings. The number of aliphatic carboxylic acids is 2. The number of likely N-dealkylation sites (N-methyl/N-ethyl adjacent to an activating group) is 2. The molecule has 0 fully saturated rings. The molecule has 0 spiro atoms. The molecule has 1 aromatic rings. The number of hydrogen-bond acceptors (Lipinski definition) is 9. The summed E-state index contributed by atoms with van der Waals surface area (Å²) in [4.78, 5) is 111. The van der Waals surface area contributed by atoms with Gasteiger partial charge in [0.25, 0.3) is 0 Å². The molecule has 0 aliphatic carbocycles. The Bertz CT molecular complexity index is 1420. The monoisotopic (exact) mass is 697 g/mol. The molecule has 0 bridgehead atoms. The molecule has 0 radical (unpaired) electrons. The largest absolute Gasteiger partial charge is 0.481 e. The van der Waals surface area contributed by atoms with Gasteiger partial charge in [-0.1, -0.05) is 23.7 Å². The van der Waals surface area contributed by atoms with Crippen LogP contribution in [0.5, 0.6) is 0 Å². The lowest BCUT2D eigenvalue weighted by atomic mass is 10.0. The van der Waals surface area contributed by atoms with Crippen LogP contribution in [0.25, 0.3) is 0 Å². The third-order valence-corrected chi connectivity index (χ3v) is 7.34. The van der Waals surface area contributed by atoms with Crippen molar-refractivity contribution in [2.75, 3.05) is 33.7 Å². The number of carboxylic acid groups (broad SMARTS) is 2. The van der Waals surface area contributed by atoms with Crippen molar-refractivity contribution in [3.8, 4) is 0 Å². The van der Waals surface area contributed by atoms with Crippen LogP contribution in [0.1, 0.15) is 37.3 Å². The average Bonchev–Trinajstić information content (AvgIpc) is 2.99. The van der Waals surface area contributed by atoms with Crippen molar-refractivity contribution in [3.63, 3.8) is 0 Å². The maximum Gasteiger partial charge on any atom is 0.326 e. The van der Waals surface area contributed by atoms with Gasteiger partial charge in [0.2, 0.25) is 41.4 Å². The highest BCUT2D eigenvalue weighted by Gasteiger charge is 2.31. The number of carboxylic acids is 2. The minimum Gasteiger partial charge on any atom is -0.481 e. The average molecular weight is 698 g/mol. The van der Waals surface area contributed by atoms with E-state index in [1.165, 1.54) is 14.0 Å². The number of amides is 7. The van der Waals surface area contributed by atoms with Crippen LogP contribution in [-0.2, 0) is 49.6 Å². The number of carbonyl (C=O) groups is 9. The summed E-state index contributed by atoms with van der Waals surface area (Å²) in [7, 11) is 2.43. The topological polar surface area (TPSA) is 275 Å². The fourth-order valence-electron chi connectivity index (χ4n) is 4.08. The van der Waals surface area contributed by atoms with E-state index in [1.54, 1.807) is 25.1 Å². The number of benzene rings is 1. The van der Waals surface area contributed by atoms with Crippen LogP contribution < -0.4 is 27.0 Å². The van der Waals surface area contributed by atoms with Crippen LogP contribution in [0.2, 0.25) is 5.02 Å². The van der Waals surface area contributed by atoms with Gasteiger partial charge in [-0.2, -0.15) is 0 Å². The van der Waals surface area contributed by atoms with Gasteiger partial charge in [-0.25, -0.2) is 4.79 Å². The predicted molar refractivity (Wildman–Crippen MR) is 168 cm³/mol. The number of hydrogen-bond donors (Lipinski definition) is 7. The van der Waals surface area contributed by atoms with Crippen LogP contribution in [0.15, 0.2) is 18.2 Å².